The second kappa shape index (κ2) is 6.09. The number of carbonyl (C=O) groups is 1. The minimum Gasteiger partial charge on any atom is -0.479 e. The van der Waals surface area contributed by atoms with E-state index in [0.717, 1.165) is 26.9 Å². The predicted molar refractivity (Wildman–Crippen MR) is 84.1 cm³/mol. The highest BCUT2D eigenvalue weighted by atomic mass is 79.9. The monoisotopic (exact) mass is 333 g/mol. The summed E-state index contributed by atoms with van der Waals surface area (Å²) in [6.07, 6.45) is 0. The maximum atomic E-state index is 11.6. The fraction of sp³-hybridized carbons (Fsp3) is 0.188. The molecule has 0 saturated carbocycles. The smallest absolute Gasteiger partial charge is 0.330 e. The van der Waals surface area contributed by atoms with Gasteiger partial charge in [0.05, 0.1) is 0 Å². The van der Waals surface area contributed by atoms with Crippen molar-refractivity contribution in [2.75, 3.05) is 5.32 Å². The van der Waals surface area contributed by atoms with Gasteiger partial charge in [-0.1, -0.05) is 45.8 Å². The minimum absolute atomic E-state index is 0.760. The molecule has 4 heteroatoms. The van der Waals surface area contributed by atoms with Gasteiger partial charge in [0.15, 0.2) is 6.04 Å². The van der Waals surface area contributed by atoms with E-state index in [0.29, 0.717) is 0 Å². The van der Waals surface area contributed by atoms with Gasteiger partial charge >= 0.3 is 5.97 Å². The number of aryl methyl sites for hydroxylation is 2. The summed E-state index contributed by atoms with van der Waals surface area (Å²) >= 11 is 3.38. The van der Waals surface area contributed by atoms with Crippen LogP contribution in [0.1, 0.15) is 22.7 Å². The lowest BCUT2D eigenvalue weighted by Crippen LogP contribution is -2.21. The van der Waals surface area contributed by atoms with Gasteiger partial charge in [0.2, 0.25) is 0 Å². The lowest BCUT2D eigenvalue weighted by Gasteiger charge is -2.19. The number of hydrogen-bond donors (Lipinski definition) is 2. The molecular weight excluding hydrogens is 318 g/mol. The van der Waals surface area contributed by atoms with Crippen LogP contribution in [0, 0.1) is 13.8 Å². The van der Waals surface area contributed by atoms with Crippen molar-refractivity contribution in [2.24, 2.45) is 0 Å². The van der Waals surface area contributed by atoms with Crippen molar-refractivity contribution in [3.8, 4) is 0 Å². The molecule has 0 amide bonds. The Balaban J connectivity index is 2.37. The second-order valence-corrected chi connectivity index (χ2v) is 5.70. The SMILES string of the molecule is Cc1ccc(C)c(C(Nc2cccc(Br)c2)C(=O)O)c1. The standard InChI is InChI=1S/C16H16BrNO2/c1-10-6-7-11(2)14(8-10)15(16(19)20)18-13-5-3-4-12(17)9-13/h3-9,15,18H,1-2H3,(H,19,20). The molecule has 0 saturated heterocycles. The molecule has 0 aromatic heterocycles. The summed E-state index contributed by atoms with van der Waals surface area (Å²) in [6, 6.07) is 12.6. The molecule has 2 N–H and O–H groups in total. The highest BCUT2D eigenvalue weighted by Gasteiger charge is 2.21. The highest BCUT2D eigenvalue weighted by Crippen LogP contribution is 2.25. The molecule has 0 aliphatic rings. The van der Waals surface area contributed by atoms with E-state index in [-0.39, 0.29) is 0 Å². The molecule has 104 valence electrons. The van der Waals surface area contributed by atoms with Crippen LogP contribution < -0.4 is 5.32 Å². The first-order valence-corrected chi connectivity index (χ1v) is 7.09. The first-order chi connectivity index (χ1) is 9.47. The summed E-state index contributed by atoms with van der Waals surface area (Å²) in [7, 11) is 0. The molecule has 0 fully saturated rings. The zero-order chi connectivity index (χ0) is 14.7. The minimum atomic E-state index is -0.890. The van der Waals surface area contributed by atoms with Crippen molar-refractivity contribution in [1.29, 1.82) is 0 Å². The van der Waals surface area contributed by atoms with Crippen molar-refractivity contribution < 1.29 is 9.90 Å². The Labute approximate surface area is 126 Å². The van der Waals surface area contributed by atoms with Gasteiger partial charge in [-0.25, -0.2) is 4.79 Å². The molecule has 3 nitrogen and oxygen atoms in total. The Morgan fingerprint density at radius 3 is 2.60 bits per heavy atom. The number of nitrogens with one attached hydrogen (secondary N) is 1. The summed E-state index contributed by atoms with van der Waals surface area (Å²) in [5.74, 6) is -0.890. The summed E-state index contributed by atoms with van der Waals surface area (Å²) in [4.78, 5) is 11.6. The molecule has 2 aromatic rings. The van der Waals surface area contributed by atoms with E-state index in [9.17, 15) is 9.90 Å². The first-order valence-electron chi connectivity index (χ1n) is 6.29. The van der Waals surface area contributed by atoms with E-state index in [1.54, 1.807) is 0 Å². The van der Waals surface area contributed by atoms with E-state index in [1.807, 2.05) is 56.3 Å². The summed E-state index contributed by atoms with van der Waals surface area (Å²) in [5.41, 5.74) is 3.57. The van der Waals surface area contributed by atoms with Crippen LogP contribution in [-0.2, 0) is 4.79 Å². The third kappa shape index (κ3) is 3.39. The summed E-state index contributed by atoms with van der Waals surface area (Å²) in [6.45, 7) is 3.88. The fourth-order valence-electron chi connectivity index (χ4n) is 2.09. The normalized spacial score (nSPS) is 11.9. The zero-order valence-corrected chi connectivity index (χ0v) is 12.9. The molecule has 2 aromatic carbocycles. The van der Waals surface area contributed by atoms with Crippen LogP contribution in [0.2, 0.25) is 0 Å². The quantitative estimate of drug-likeness (QED) is 0.876. The average Bonchev–Trinajstić information content (AvgIpc) is 2.39. The van der Waals surface area contributed by atoms with Gasteiger partial charge in [0, 0.05) is 10.2 Å². The van der Waals surface area contributed by atoms with Crippen molar-refractivity contribution >= 4 is 27.6 Å². The van der Waals surface area contributed by atoms with Crippen LogP contribution in [0.5, 0.6) is 0 Å². The maximum Gasteiger partial charge on any atom is 0.330 e. The third-order valence-electron chi connectivity index (χ3n) is 3.13. The van der Waals surface area contributed by atoms with Crippen LogP contribution >= 0.6 is 15.9 Å². The van der Waals surface area contributed by atoms with Crippen LogP contribution in [0.15, 0.2) is 46.9 Å². The van der Waals surface area contributed by atoms with Crippen molar-refractivity contribution in [3.05, 3.63) is 63.6 Å². The number of benzene rings is 2. The van der Waals surface area contributed by atoms with Gasteiger partial charge in [-0.3, -0.25) is 0 Å². The Kier molecular flexibility index (Phi) is 4.45. The molecule has 1 atom stereocenters. The predicted octanol–water partition coefficient (Wildman–Crippen LogP) is 4.30. The molecular formula is C16H16BrNO2. The molecule has 20 heavy (non-hydrogen) atoms. The molecule has 0 heterocycles. The van der Waals surface area contributed by atoms with Crippen LogP contribution in [-0.4, -0.2) is 11.1 Å². The van der Waals surface area contributed by atoms with Crippen molar-refractivity contribution in [2.45, 2.75) is 19.9 Å². The van der Waals surface area contributed by atoms with Gasteiger partial charge in [-0.2, -0.15) is 0 Å². The first kappa shape index (κ1) is 14.6. The van der Waals surface area contributed by atoms with E-state index in [1.165, 1.54) is 0 Å². The lowest BCUT2D eigenvalue weighted by molar-refractivity contribution is -0.138. The summed E-state index contributed by atoms with van der Waals surface area (Å²) < 4.78 is 0.910. The second-order valence-electron chi connectivity index (χ2n) is 4.79. The average molecular weight is 334 g/mol. The van der Waals surface area contributed by atoms with Crippen LogP contribution in [0.25, 0.3) is 0 Å². The number of halogens is 1. The number of rotatable bonds is 4. The number of anilines is 1. The van der Waals surface area contributed by atoms with E-state index < -0.39 is 12.0 Å². The highest BCUT2D eigenvalue weighted by molar-refractivity contribution is 9.10. The van der Waals surface area contributed by atoms with Gasteiger partial charge in [0.1, 0.15) is 0 Å². The lowest BCUT2D eigenvalue weighted by atomic mass is 9.98. The summed E-state index contributed by atoms with van der Waals surface area (Å²) in [5, 5.41) is 12.6. The van der Waals surface area contributed by atoms with Gasteiger partial charge in [-0.15, -0.1) is 0 Å². The van der Waals surface area contributed by atoms with Gasteiger partial charge in [-0.05, 0) is 43.2 Å². The van der Waals surface area contributed by atoms with Gasteiger partial charge < -0.3 is 10.4 Å². The van der Waals surface area contributed by atoms with Crippen LogP contribution in [0.3, 0.4) is 0 Å². The number of hydrogen-bond acceptors (Lipinski definition) is 2. The topological polar surface area (TPSA) is 49.3 Å². The molecule has 0 radical (unpaired) electrons. The Bertz CT molecular complexity index is 640. The Morgan fingerprint density at radius 2 is 1.95 bits per heavy atom. The number of aliphatic carboxylic acids is 1. The van der Waals surface area contributed by atoms with E-state index in [4.69, 9.17) is 0 Å². The molecule has 0 aliphatic carbocycles. The third-order valence-corrected chi connectivity index (χ3v) is 3.62. The van der Waals surface area contributed by atoms with Crippen molar-refractivity contribution in [3.63, 3.8) is 0 Å². The van der Waals surface area contributed by atoms with Crippen molar-refractivity contribution in [1.82, 2.24) is 0 Å². The number of carboxylic acids is 1. The number of carboxylic acid groups (broad SMARTS) is 1. The molecule has 0 aliphatic heterocycles. The Hall–Kier alpha value is -1.81. The molecule has 0 bridgehead atoms. The fourth-order valence-corrected chi connectivity index (χ4v) is 2.49. The van der Waals surface area contributed by atoms with Gasteiger partial charge in [0.25, 0.3) is 0 Å². The molecule has 2 rings (SSSR count). The van der Waals surface area contributed by atoms with E-state index >= 15 is 0 Å². The maximum absolute atomic E-state index is 11.6. The molecule has 1 unspecified atom stereocenters. The zero-order valence-electron chi connectivity index (χ0n) is 11.4. The van der Waals surface area contributed by atoms with Crippen LogP contribution in [0.4, 0.5) is 5.69 Å². The molecule has 0 spiro atoms. The largest absolute Gasteiger partial charge is 0.479 e. The van der Waals surface area contributed by atoms with E-state index in [2.05, 4.69) is 21.2 Å². The Morgan fingerprint density at radius 1 is 1.20 bits per heavy atom.